The first kappa shape index (κ1) is 23.7. The first-order valence-electron chi connectivity index (χ1n) is 12.5. The van der Waals surface area contributed by atoms with Crippen LogP contribution in [0.25, 0.3) is 0 Å². The first-order valence-corrected chi connectivity index (χ1v) is 12.9. The van der Waals surface area contributed by atoms with E-state index in [1.807, 2.05) is 0 Å². The molecule has 0 radical (unpaired) electrons. The molecular formula is C22H42ClN7O. The molecule has 8 nitrogen and oxygen atoms in total. The Morgan fingerprint density at radius 3 is 2.71 bits per heavy atom. The molecule has 3 heterocycles. The molecule has 178 valence electrons. The van der Waals surface area contributed by atoms with Gasteiger partial charge in [-0.1, -0.05) is 6.42 Å². The number of nitrogens with one attached hydrogen (secondary N) is 7. The Balaban J connectivity index is 1.17. The number of amides is 1. The fourth-order valence-corrected chi connectivity index (χ4v) is 6.19. The molecule has 4 fully saturated rings. The van der Waals surface area contributed by atoms with Crippen LogP contribution in [-0.2, 0) is 4.79 Å². The summed E-state index contributed by atoms with van der Waals surface area (Å²) in [6, 6.07) is 0.625. The van der Waals surface area contributed by atoms with Gasteiger partial charge in [-0.15, -0.1) is 11.6 Å². The van der Waals surface area contributed by atoms with Gasteiger partial charge < -0.3 is 21.3 Å². The van der Waals surface area contributed by atoms with Gasteiger partial charge in [0.25, 0.3) is 0 Å². The molecule has 3 aliphatic heterocycles. The third-order valence-electron chi connectivity index (χ3n) is 7.64. The molecule has 9 heteroatoms. The second-order valence-electron chi connectivity index (χ2n) is 9.98. The standard InChI is InChI=1S/C22H42ClN7O/c1-14(20-18(23)6-3-9-25-20)27-22(31)16-4-2-5-17(12-16)26-13-19-28-21(30-29-19)15-7-10-24-11-8-15/h14-21,24-26,28-30H,2-13H2,1H3,(H,27,31)/t14-,16?,17?,18?,19?,20?,21?/m1/s1. The quantitative estimate of drug-likeness (QED) is 0.278. The van der Waals surface area contributed by atoms with Gasteiger partial charge >= 0.3 is 0 Å². The van der Waals surface area contributed by atoms with Crippen molar-refractivity contribution >= 4 is 17.5 Å². The van der Waals surface area contributed by atoms with Gasteiger partial charge in [0.1, 0.15) is 0 Å². The molecule has 0 bridgehead atoms. The van der Waals surface area contributed by atoms with Crippen molar-refractivity contribution in [2.24, 2.45) is 11.8 Å². The summed E-state index contributed by atoms with van der Waals surface area (Å²) in [5, 5.41) is 17.7. The van der Waals surface area contributed by atoms with Crippen LogP contribution in [-0.4, -0.2) is 67.9 Å². The van der Waals surface area contributed by atoms with Crippen LogP contribution in [0, 0.1) is 11.8 Å². The highest BCUT2D eigenvalue weighted by atomic mass is 35.5. The smallest absolute Gasteiger partial charge is 0.223 e. The third-order valence-corrected chi connectivity index (χ3v) is 8.13. The molecule has 0 aromatic heterocycles. The monoisotopic (exact) mass is 455 g/mol. The summed E-state index contributed by atoms with van der Waals surface area (Å²) in [5.74, 6) is 0.964. The Kier molecular flexibility index (Phi) is 8.85. The number of piperidine rings is 2. The average molecular weight is 456 g/mol. The van der Waals surface area contributed by atoms with Crippen molar-refractivity contribution in [3.05, 3.63) is 0 Å². The van der Waals surface area contributed by atoms with Gasteiger partial charge in [-0.3, -0.25) is 10.1 Å². The molecule has 6 unspecified atom stereocenters. The van der Waals surface area contributed by atoms with E-state index in [2.05, 4.69) is 44.4 Å². The van der Waals surface area contributed by atoms with Gasteiger partial charge in [-0.05, 0) is 77.4 Å². The van der Waals surface area contributed by atoms with Crippen LogP contribution in [0.1, 0.15) is 58.3 Å². The molecule has 4 aliphatic rings. The van der Waals surface area contributed by atoms with Crippen LogP contribution < -0.4 is 37.4 Å². The summed E-state index contributed by atoms with van der Waals surface area (Å²) in [5.41, 5.74) is 6.84. The normalized spacial score (nSPS) is 38.6. The van der Waals surface area contributed by atoms with Gasteiger partial charge in [-0.25, -0.2) is 10.9 Å². The van der Waals surface area contributed by atoms with Crippen molar-refractivity contribution in [3.63, 3.8) is 0 Å². The Hall–Kier alpha value is -0.480. The second kappa shape index (κ2) is 11.6. The maximum Gasteiger partial charge on any atom is 0.223 e. The van der Waals surface area contributed by atoms with Crippen molar-refractivity contribution in [3.8, 4) is 0 Å². The van der Waals surface area contributed by atoms with Crippen LogP contribution >= 0.6 is 11.6 Å². The minimum Gasteiger partial charge on any atom is -0.352 e. The number of rotatable bonds is 7. The van der Waals surface area contributed by atoms with Crippen LogP contribution in [0.3, 0.4) is 0 Å². The number of hydrogen-bond acceptors (Lipinski definition) is 7. The number of hydrazine groups is 1. The summed E-state index contributed by atoms with van der Waals surface area (Å²) in [6.45, 7) is 6.15. The van der Waals surface area contributed by atoms with Gasteiger partial charge in [0.15, 0.2) is 0 Å². The van der Waals surface area contributed by atoms with Crippen molar-refractivity contribution in [2.45, 2.75) is 94.1 Å². The number of hydrogen-bond donors (Lipinski definition) is 7. The lowest BCUT2D eigenvalue weighted by Gasteiger charge is -2.35. The minimum absolute atomic E-state index is 0.0634. The van der Waals surface area contributed by atoms with E-state index < -0.39 is 0 Å². The number of alkyl halides is 1. The molecule has 1 saturated carbocycles. The molecule has 1 amide bonds. The highest BCUT2D eigenvalue weighted by Crippen LogP contribution is 2.25. The molecule has 31 heavy (non-hydrogen) atoms. The van der Waals surface area contributed by atoms with E-state index in [0.29, 0.717) is 18.1 Å². The summed E-state index contributed by atoms with van der Waals surface area (Å²) >= 11 is 6.49. The molecule has 0 spiro atoms. The lowest BCUT2D eigenvalue weighted by atomic mass is 9.84. The molecule has 4 rings (SSSR count). The second-order valence-corrected chi connectivity index (χ2v) is 10.5. The van der Waals surface area contributed by atoms with Gasteiger partial charge in [0.2, 0.25) is 5.91 Å². The van der Waals surface area contributed by atoms with E-state index >= 15 is 0 Å². The Morgan fingerprint density at radius 2 is 1.90 bits per heavy atom. The fraction of sp³-hybridized carbons (Fsp3) is 0.955. The summed E-state index contributed by atoms with van der Waals surface area (Å²) < 4.78 is 0. The number of halogens is 1. The van der Waals surface area contributed by atoms with Crippen LogP contribution in [0.2, 0.25) is 0 Å². The van der Waals surface area contributed by atoms with Crippen molar-refractivity contribution in [1.82, 2.24) is 37.4 Å². The molecule has 1 aliphatic carbocycles. The Labute approximate surface area is 192 Å². The van der Waals surface area contributed by atoms with Gasteiger partial charge in [-0.2, -0.15) is 0 Å². The molecule has 0 aromatic rings. The van der Waals surface area contributed by atoms with Gasteiger partial charge in [0, 0.05) is 30.6 Å². The topological polar surface area (TPSA) is 101 Å². The van der Waals surface area contributed by atoms with E-state index in [9.17, 15) is 4.79 Å². The fourth-order valence-electron chi connectivity index (χ4n) is 5.73. The van der Waals surface area contributed by atoms with Crippen molar-refractivity contribution in [1.29, 1.82) is 0 Å². The molecular weight excluding hydrogens is 414 g/mol. The zero-order valence-electron chi connectivity index (χ0n) is 18.9. The highest BCUT2D eigenvalue weighted by Gasteiger charge is 2.34. The Bertz CT molecular complexity index is 576. The van der Waals surface area contributed by atoms with Crippen LogP contribution in [0.4, 0.5) is 0 Å². The third kappa shape index (κ3) is 6.53. The summed E-state index contributed by atoms with van der Waals surface area (Å²) in [6.07, 6.45) is 9.28. The molecule has 7 atom stereocenters. The maximum absolute atomic E-state index is 12.9. The van der Waals surface area contributed by atoms with Crippen molar-refractivity contribution < 1.29 is 4.79 Å². The predicted octanol–water partition coefficient (Wildman–Crippen LogP) is 0.348. The summed E-state index contributed by atoms with van der Waals surface area (Å²) in [4.78, 5) is 12.9. The summed E-state index contributed by atoms with van der Waals surface area (Å²) in [7, 11) is 0. The molecule has 3 saturated heterocycles. The maximum atomic E-state index is 12.9. The van der Waals surface area contributed by atoms with E-state index in [1.54, 1.807) is 0 Å². The lowest BCUT2D eigenvalue weighted by Crippen LogP contribution is -2.56. The largest absolute Gasteiger partial charge is 0.352 e. The average Bonchev–Trinajstić information content (AvgIpc) is 3.28. The predicted molar refractivity (Wildman–Crippen MR) is 125 cm³/mol. The molecule has 0 aromatic carbocycles. The number of carbonyl (C=O) groups excluding carboxylic acids is 1. The van der Waals surface area contributed by atoms with Crippen LogP contribution in [0.15, 0.2) is 0 Å². The van der Waals surface area contributed by atoms with Gasteiger partial charge in [0.05, 0.1) is 17.7 Å². The Morgan fingerprint density at radius 1 is 1.06 bits per heavy atom. The molecule has 7 N–H and O–H groups in total. The number of carbonyl (C=O) groups is 1. The van der Waals surface area contributed by atoms with Crippen molar-refractivity contribution in [2.75, 3.05) is 26.2 Å². The van der Waals surface area contributed by atoms with E-state index in [-0.39, 0.29) is 35.5 Å². The highest BCUT2D eigenvalue weighted by molar-refractivity contribution is 6.21. The SMILES string of the molecule is C[C@@H](NC(=O)C1CCCC(NCC2NNC(C3CCNCC3)N2)C1)C1NCCCC1Cl. The minimum atomic E-state index is 0.0634. The lowest BCUT2D eigenvalue weighted by molar-refractivity contribution is -0.127. The van der Waals surface area contributed by atoms with Crippen LogP contribution in [0.5, 0.6) is 0 Å². The van der Waals surface area contributed by atoms with E-state index in [4.69, 9.17) is 11.6 Å². The zero-order chi connectivity index (χ0) is 21.6. The zero-order valence-corrected chi connectivity index (χ0v) is 19.6. The van der Waals surface area contributed by atoms with E-state index in [1.165, 1.54) is 12.8 Å². The van der Waals surface area contributed by atoms with E-state index in [0.717, 1.165) is 64.7 Å². The first-order chi connectivity index (χ1) is 15.1.